The first kappa shape index (κ1) is 19.5. The van der Waals surface area contributed by atoms with Gasteiger partial charge < -0.3 is 10.4 Å². The van der Waals surface area contributed by atoms with Crippen LogP contribution in [0.4, 0.5) is 5.69 Å². The van der Waals surface area contributed by atoms with E-state index in [9.17, 15) is 29.1 Å². The molecule has 0 aromatic heterocycles. The van der Waals surface area contributed by atoms with Gasteiger partial charge in [-0.3, -0.25) is 29.4 Å². The number of carboxylic acids is 1. The van der Waals surface area contributed by atoms with Crippen LogP contribution in [-0.2, 0) is 14.4 Å². The maximum absolute atomic E-state index is 13.0. The molecule has 2 atom stereocenters. The van der Waals surface area contributed by atoms with E-state index in [0.717, 1.165) is 4.90 Å². The van der Waals surface area contributed by atoms with Crippen molar-refractivity contribution in [1.82, 2.24) is 10.2 Å². The summed E-state index contributed by atoms with van der Waals surface area (Å²) in [6, 6.07) is 2.45. The zero-order chi connectivity index (χ0) is 20.8. The molecule has 4 amide bonds. The summed E-state index contributed by atoms with van der Waals surface area (Å²) in [4.78, 5) is 61.8. The second kappa shape index (κ2) is 6.74. The Bertz CT molecular complexity index is 901. The SMILES string of the molecule is CC(C)(C)C(Nc1cccc2c1C(=O)N(C1CCC(=O)NC1=O)C2=O)C(=O)O. The maximum Gasteiger partial charge on any atom is 0.326 e. The number of nitrogens with zero attached hydrogens (tertiary/aromatic N) is 1. The summed E-state index contributed by atoms with van der Waals surface area (Å²) in [7, 11) is 0. The number of carbonyl (C=O) groups excluding carboxylic acids is 4. The molecule has 2 unspecified atom stereocenters. The summed E-state index contributed by atoms with van der Waals surface area (Å²) >= 11 is 0. The number of anilines is 1. The van der Waals surface area contributed by atoms with E-state index in [1.54, 1.807) is 26.8 Å². The standard InChI is InChI=1S/C19H21N3O6/c1-19(2,3)14(18(27)28)20-10-6-4-5-9-13(10)17(26)22(16(9)25)11-7-8-12(23)21-15(11)24/h4-6,11,14,20H,7-8H2,1-3H3,(H,27,28)(H,21,23,24). The van der Waals surface area contributed by atoms with Gasteiger partial charge in [-0.25, -0.2) is 4.79 Å². The van der Waals surface area contributed by atoms with Crippen molar-refractivity contribution in [1.29, 1.82) is 0 Å². The highest BCUT2D eigenvalue weighted by Gasteiger charge is 2.46. The van der Waals surface area contributed by atoms with Crippen LogP contribution in [0.25, 0.3) is 0 Å². The summed E-state index contributed by atoms with van der Waals surface area (Å²) in [5, 5.41) is 14.5. The predicted molar refractivity (Wildman–Crippen MR) is 97.6 cm³/mol. The van der Waals surface area contributed by atoms with Crippen LogP contribution in [0.1, 0.15) is 54.3 Å². The largest absolute Gasteiger partial charge is 0.480 e. The second-order valence-corrected chi connectivity index (χ2v) is 7.96. The minimum atomic E-state index is -1.09. The summed E-state index contributed by atoms with van der Waals surface area (Å²) in [5.41, 5.74) is -0.317. The van der Waals surface area contributed by atoms with Crippen molar-refractivity contribution in [3.05, 3.63) is 29.3 Å². The molecule has 0 saturated carbocycles. The number of nitrogens with one attached hydrogen (secondary N) is 2. The van der Waals surface area contributed by atoms with Gasteiger partial charge in [0.25, 0.3) is 11.8 Å². The molecular weight excluding hydrogens is 366 g/mol. The molecule has 2 aliphatic rings. The normalized spacial score (nSPS) is 20.7. The van der Waals surface area contributed by atoms with Crippen LogP contribution in [0.2, 0.25) is 0 Å². The topological polar surface area (TPSA) is 133 Å². The molecule has 0 spiro atoms. The minimum Gasteiger partial charge on any atom is -0.480 e. The molecule has 9 nitrogen and oxygen atoms in total. The van der Waals surface area contributed by atoms with Crippen LogP contribution in [0.3, 0.4) is 0 Å². The molecule has 0 aliphatic carbocycles. The summed E-state index contributed by atoms with van der Waals surface area (Å²) in [6.45, 7) is 5.22. The highest BCUT2D eigenvalue weighted by atomic mass is 16.4. The lowest BCUT2D eigenvalue weighted by atomic mass is 9.86. The van der Waals surface area contributed by atoms with Crippen LogP contribution in [-0.4, -0.2) is 51.7 Å². The first-order valence-corrected chi connectivity index (χ1v) is 8.86. The second-order valence-electron chi connectivity index (χ2n) is 7.96. The van der Waals surface area contributed by atoms with Crippen molar-refractivity contribution in [3.63, 3.8) is 0 Å². The molecule has 3 N–H and O–H groups in total. The summed E-state index contributed by atoms with van der Waals surface area (Å²) in [6.07, 6.45) is 0.0820. The van der Waals surface area contributed by atoms with Gasteiger partial charge in [0.2, 0.25) is 11.8 Å². The van der Waals surface area contributed by atoms with Crippen LogP contribution in [0.5, 0.6) is 0 Å². The van der Waals surface area contributed by atoms with Crippen molar-refractivity contribution in [2.45, 2.75) is 45.7 Å². The number of imide groups is 2. The van der Waals surface area contributed by atoms with Gasteiger partial charge in [-0.1, -0.05) is 26.8 Å². The van der Waals surface area contributed by atoms with Gasteiger partial charge in [0.15, 0.2) is 0 Å². The molecule has 0 radical (unpaired) electrons. The lowest BCUT2D eigenvalue weighted by Crippen LogP contribution is -2.54. The minimum absolute atomic E-state index is 0.0278. The number of rotatable bonds is 4. The fourth-order valence-electron chi connectivity index (χ4n) is 3.44. The molecule has 1 fully saturated rings. The van der Waals surface area contributed by atoms with Crippen LogP contribution in [0, 0.1) is 5.41 Å². The number of piperidine rings is 1. The Balaban J connectivity index is 1.98. The zero-order valence-electron chi connectivity index (χ0n) is 15.7. The number of carboxylic acid groups (broad SMARTS) is 1. The molecule has 1 aromatic carbocycles. The number of hydrogen-bond acceptors (Lipinski definition) is 6. The summed E-state index contributed by atoms with van der Waals surface area (Å²) < 4.78 is 0. The Morgan fingerprint density at radius 3 is 2.46 bits per heavy atom. The van der Waals surface area contributed by atoms with Gasteiger partial charge in [-0.2, -0.15) is 0 Å². The highest BCUT2D eigenvalue weighted by Crippen LogP contribution is 2.34. The fourth-order valence-corrected chi connectivity index (χ4v) is 3.44. The fraction of sp³-hybridized carbons (Fsp3) is 0.421. The quantitative estimate of drug-likeness (QED) is 0.656. The lowest BCUT2D eigenvalue weighted by Gasteiger charge is -2.29. The molecule has 2 heterocycles. The molecule has 0 bridgehead atoms. The third-order valence-electron chi connectivity index (χ3n) is 4.88. The van der Waals surface area contributed by atoms with Crippen molar-refractivity contribution < 1.29 is 29.1 Å². The van der Waals surface area contributed by atoms with Gasteiger partial charge in [0.05, 0.1) is 11.1 Å². The van der Waals surface area contributed by atoms with Gasteiger partial charge >= 0.3 is 5.97 Å². The molecule has 1 aromatic rings. The zero-order valence-corrected chi connectivity index (χ0v) is 15.7. The van der Waals surface area contributed by atoms with E-state index in [2.05, 4.69) is 10.6 Å². The van der Waals surface area contributed by atoms with E-state index in [-0.39, 0.29) is 29.7 Å². The van der Waals surface area contributed by atoms with Gasteiger partial charge in [0, 0.05) is 12.1 Å². The number of carbonyl (C=O) groups is 5. The molecule has 9 heteroatoms. The van der Waals surface area contributed by atoms with E-state index in [4.69, 9.17) is 0 Å². The van der Waals surface area contributed by atoms with Crippen molar-refractivity contribution >= 4 is 35.3 Å². The van der Waals surface area contributed by atoms with Crippen LogP contribution >= 0.6 is 0 Å². The van der Waals surface area contributed by atoms with Gasteiger partial charge in [0.1, 0.15) is 12.1 Å². The van der Waals surface area contributed by atoms with Gasteiger partial charge in [-0.05, 0) is 24.0 Å². The Morgan fingerprint density at radius 1 is 1.21 bits per heavy atom. The highest BCUT2D eigenvalue weighted by molar-refractivity contribution is 6.25. The predicted octanol–water partition coefficient (Wildman–Crippen LogP) is 0.999. The van der Waals surface area contributed by atoms with Crippen molar-refractivity contribution in [3.8, 4) is 0 Å². The van der Waals surface area contributed by atoms with Crippen molar-refractivity contribution in [2.24, 2.45) is 5.41 Å². The maximum atomic E-state index is 13.0. The molecule has 3 rings (SSSR count). The Labute approximate surface area is 161 Å². The third kappa shape index (κ3) is 3.23. The van der Waals surface area contributed by atoms with E-state index in [1.165, 1.54) is 12.1 Å². The smallest absolute Gasteiger partial charge is 0.326 e. The first-order chi connectivity index (χ1) is 13.0. The van der Waals surface area contributed by atoms with Gasteiger partial charge in [-0.15, -0.1) is 0 Å². The monoisotopic (exact) mass is 387 g/mol. The Hall–Kier alpha value is -3.23. The van der Waals surface area contributed by atoms with Crippen LogP contribution < -0.4 is 10.6 Å². The number of fused-ring (bicyclic) bond motifs is 1. The molecule has 2 aliphatic heterocycles. The average molecular weight is 387 g/mol. The summed E-state index contributed by atoms with van der Waals surface area (Å²) in [5.74, 6) is -3.56. The Kier molecular flexibility index (Phi) is 4.70. The van der Waals surface area contributed by atoms with Crippen LogP contribution in [0.15, 0.2) is 18.2 Å². The molecule has 1 saturated heterocycles. The number of aliphatic carboxylic acids is 1. The average Bonchev–Trinajstić information content (AvgIpc) is 2.84. The Morgan fingerprint density at radius 2 is 1.89 bits per heavy atom. The lowest BCUT2D eigenvalue weighted by molar-refractivity contribution is -0.140. The third-order valence-corrected chi connectivity index (χ3v) is 4.88. The molecular formula is C19H21N3O6. The number of hydrogen-bond donors (Lipinski definition) is 3. The van der Waals surface area contributed by atoms with E-state index >= 15 is 0 Å². The first-order valence-electron chi connectivity index (χ1n) is 8.86. The molecule has 28 heavy (non-hydrogen) atoms. The van der Waals surface area contributed by atoms with Crippen molar-refractivity contribution in [2.75, 3.05) is 5.32 Å². The van der Waals surface area contributed by atoms with E-state index in [1.807, 2.05) is 0 Å². The van der Waals surface area contributed by atoms with E-state index in [0.29, 0.717) is 0 Å². The molecule has 148 valence electrons. The number of benzene rings is 1. The van der Waals surface area contributed by atoms with E-state index < -0.39 is 47.1 Å². The number of amides is 4.